The molecule has 1 amide bonds. The monoisotopic (exact) mass is 444 g/mol. The van der Waals surface area contributed by atoms with Crippen LogP contribution >= 0.6 is 23.4 Å². The minimum absolute atomic E-state index is 0.245. The second kappa shape index (κ2) is 9.57. The molecule has 0 aliphatic rings. The number of amides is 1. The lowest BCUT2D eigenvalue weighted by atomic mass is 10.2. The van der Waals surface area contributed by atoms with Crippen molar-refractivity contribution in [1.29, 1.82) is 0 Å². The van der Waals surface area contributed by atoms with E-state index in [9.17, 15) is 4.79 Å². The lowest BCUT2D eigenvalue weighted by molar-refractivity contribution is 0.0943. The first-order valence-electron chi connectivity index (χ1n) is 9.69. The van der Waals surface area contributed by atoms with Crippen molar-refractivity contribution in [3.05, 3.63) is 57.6 Å². The first-order chi connectivity index (χ1) is 14.2. The van der Waals surface area contributed by atoms with Crippen LogP contribution in [0.4, 0.5) is 0 Å². The van der Waals surface area contributed by atoms with Crippen molar-refractivity contribution in [3.8, 4) is 5.69 Å². The van der Waals surface area contributed by atoms with E-state index in [2.05, 4.69) is 25.6 Å². The minimum Gasteiger partial charge on any atom is -0.350 e. The average molecular weight is 445 g/mol. The predicted molar refractivity (Wildman–Crippen MR) is 119 cm³/mol. The summed E-state index contributed by atoms with van der Waals surface area (Å²) in [5, 5.41) is 12.6. The Morgan fingerprint density at radius 1 is 1.17 bits per heavy atom. The van der Waals surface area contributed by atoms with Crippen molar-refractivity contribution in [2.24, 2.45) is 5.92 Å². The van der Waals surface area contributed by atoms with Crippen molar-refractivity contribution < 1.29 is 4.79 Å². The molecule has 3 rings (SSSR count). The molecular weight excluding hydrogens is 420 g/mol. The number of carbonyl (C=O) groups excluding carboxylic acids is 1. The molecule has 1 aromatic carbocycles. The molecule has 3 aromatic rings. The quantitative estimate of drug-likeness (QED) is 0.431. The summed E-state index contributed by atoms with van der Waals surface area (Å²) >= 11 is 7.75. The number of nitrogens with one attached hydrogen (secondary N) is 1. The van der Waals surface area contributed by atoms with Gasteiger partial charge in [-0.15, -0.1) is 5.10 Å². The summed E-state index contributed by atoms with van der Waals surface area (Å²) < 4.78 is 1.66. The van der Waals surface area contributed by atoms with Crippen LogP contribution in [0.1, 0.15) is 47.0 Å². The number of carbonyl (C=O) groups is 1. The largest absolute Gasteiger partial charge is 0.350 e. The van der Waals surface area contributed by atoms with Gasteiger partial charge in [0.05, 0.1) is 11.4 Å². The van der Waals surface area contributed by atoms with E-state index < -0.39 is 0 Å². The zero-order valence-electron chi connectivity index (χ0n) is 17.7. The van der Waals surface area contributed by atoms with Crippen LogP contribution in [0.3, 0.4) is 0 Å². The minimum atomic E-state index is -0.245. The maximum Gasteiger partial charge on any atom is 0.273 e. The Morgan fingerprint density at radius 3 is 2.50 bits per heavy atom. The van der Waals surface area contributed by atoms with Crippen LogP contribution in [0.25, 0.3) is 5.69 Å². The summed E-state index contributed by atoms with van der Waals surface area (Å²) in [5.41, 5.74) is 4.48. The molecule has 0 unspecified atom stereocenters. The Balaban J connectivity index is 1.96. The molecule has 0 spiro atoms. The highest BCUT2D eigenvalue weighted by molar-refractivity contribution is 7.98. The lowest BCUT2D eigenvalue weighted by Crippen LogP contribution is -2.28. The Kier molecular flexibility index (Phi) is 7.10. The molecule has 0 atom stereocenters. The van der Waals surface area contributed by atoms with Crippen molar-refractivity contribution in [2.75, 3.05) is 6.54 Å². The predicted octanol–water partition coefficient (Wildman–Crippen LogP) is 4.31. The van der Waals surface area contributed by atoms with Gasteiger partial charge < -0.3 is 5.32 Å². The summed E-state index contributed by atoms with van der Waals surface area (Å²) in [6, 6.07) is 7.58. The molecule has 0 radical (unpaired) electrons. The van der Waals surface area contributed by atoms with E-state index >= 15 is 0 Å². The van der Waals surface area contributed by atoms with Crippen LogP contribution in [0.2, 0.25) is 5.02 Å². The molecular formula is C21H25ClN6OS. The van der Waals surface area contributed by atoms with E-state index in [1.165, 1.54) is 11.8 Å². The smallest absolute Gasteiger partial charge is 0.273 e. The summed E-state index contributed by atoms with van der Waals surface area (Å²) in [4.78, 5) is 21.7. The third-order valence-corrected chi connectivity index (χ3v) is 5.61. The highest BCUT2D eigenvalue weighted by Gasteiger charge is 2.22. The number of hydrogen-bond donors (Lipinski definition) is 1. The van der Waals surface area contributed by atoms with Gasteiger partial charge in [0.1, 0.15) is 0 Å². The second-order valence-electron chi connectivity index (χ2n) is 7.56. The van der Waals surface area contributed by atoms with Crippen LogP contribution in [-0.2, 0) is 5.75 Å². The normalized spacial score (nSPS) is 11.2. The first kappa shape index (κ1) is 22.2. The van der Waals surface area contributed by atoms with Gasteiger partial charge in [-0.1, -0.05) is 48.5 Å². The van der Waals surface area contributed by atoms with Gasteiger partial charge in [0.2, 0.25) is 0 Å². The summed E-state index contributed by atoms with van der Waals surface area (Å²) in [5.74, 6) is 0.526. The Bertz CT molecular complexity index is 1050. The molecule has 30 heavy (non-hydrogen) atoms. The number of hydrogen-bond acceptors (Lipinski definition) is 6. The van der Waals surface area contributed by atoms with Crippen molar-refractivity contribution >= 4 is 29.3 Å². The maximum absolute atomic E-state index is 12.8. The molecule has 0 saturated carbocycles. The van der Waals surface area contributed by atoms with Crippen molar-refractivity contribution in [1.82, 2.24) is 30.3 Å². The van der Waals surface area contributed by atoms with Crippen LogP contribution < -0.4 is 5.32 Å². The molecule has 2 heterocycles. The Labute approximate surface area is 185 Å². The van der Waals surface area contributed by atoms with E-state index in [1.807, 2.05) is 58.9 Å². The topological polar surface area (TPSA) is 85.6 Å². The molecule has 0 saturated heterocycles. The fraction of sp³-hybridized carbons (Fsp3) is 0.381. The SMILES string of the molecule is Cc1cc(C)nc(SCc2c(C(=O)NCC(C)C)nnn2-c2ccc(C)c(Cl)c2)n1. The van der Waals surface area contributed by atoms with E-state index in [-0.39, 0.29) is 5.91 Å². The molecule has 7 nitrogen and oxygen atoms in total. The van der Waals surface area contributed by atoms with E-state index in [1.54, 1.807) is 4.68 Å². The van der Waals surface area contributed by atoms with Crippen molar-refractivity contribution in [2.45, 2.75) is 45.5 Å². The number of aromatic nitrogens is 5. The Morgan fingerprint density at radius 2 is 1.87 bits per heavy atom. The standard InChI is InChI=1S/C21H25ClN6OS/c1-12(2)10-23-20(29)19-18(11-30-21-24-14(4)8-15(5)25-21)28(27-26-19)16-7-6-13(3)17(22)9-16/h6-9,12H,10-11H2,1-5H3,(H,23,29). The second-order valence-corrected chi connectivity index (χ2v) is 8.91. The van der Waals surface area contributed by atoms with E-state index in [0.717, 1.165) is 22.6 Å². The summed E-state index contributed by atoms with van der Waals surface area (Å²) in [6.07, 6.45) is 0. The maximum atomic E-state index is 12.8. The highest BCUT2D eigenvalue weighted by Crippen LogP contribution is 2.25. The molecule has 0 aliphatic heterocycles. The number of nitrogens with zero attached hydrogens (tertiary/aromatic N) is 5. The van der Waals surface area contributed by atoms with Gasteiger partial charge in [-0.3, -0.25) is 4.79 Å². The number of rotatable bonds is 7. The molecule has 0 fully saturated rings. The van der Waals surface area contributed by atoms with Crippen molar-refractivity contribution in [3.63, 3.8) is 0 Å². The van der Waals surface area contributed by atoms with Crippen LogP contribution in [0.5, 0.6) is 0 Å². The van der Waals surface area contributed by atoms with E-state index in [4.69, 9.17) is 11.6 Å². The highest BCUT2D eigenvalue weighted by atomic mass is 35.5. The number of benzene rings is 1. The van der Waals surface area contributed by atoms with E-state index in [0.29, 0.717) is 39.8 Å². The summed E-state index contributed by atoms with van der Waals surface area (Å²) in [6.45, 7) is 10.5. The van der Waals surface area contributed by atoms with Gasteiger partial charge in [-0.05, 0) is 50.5 Å². The third-order valence-electron chi connectivity index (χ3n) is 4.35. The van der Waals surface area contributed by atoms with Gasteiger partial charge in [0.25, 0.3) is 5.91 Å². The fourth-order valence-electron chi connectivity index (χ4n) is 2.80. The fourth-order valence-corrected chi connectivity index (χ4v) is 3.92. The van der Waals surface area contributed by atoms with Crippen LogP contribution in [0, 0.1) is 26.7 Å². The van der Waals surface area contributed by atoms with Gasteiger partial charge in [0, 0.05) is 28.7 Å². The Hall–Kier alpha value is -2.45. The zero-order valence-corrected chi connectivity index (χ0v) is 19.3. The number of halogens is 1. The third kappa shape index (κ3) is 5.37. The number of thioether (sulfide) groups is 1. The molecule has 1 N–H and O–H groups in total. The van der Waals surface area contributed by atoms with Crippen LogP contribution in [0.15, 0.2) is 29.4 Å². The molecule has 9 heteroatoms. The average Bonchev–Trinajstić information content (AvgIpc) is 3.10. The molecule has 158 valence electrons. The van der Waals surface area contributed by atoms with Gasteiger partial charge in [-0.2, -0.15) is 0 Å². The van der Waals surface area contributed by atoms with Gasteiger partial charge in [-0.25, -0.2) is 14.6 Å². The summed E-state index contributed by atoms with van der Waals surface area (Å²) in [7, 11) is 0. The molecule has 2 aromatic heterocycles. The molecule has 0 aliphatic carbocycles. The van der Waals surface area contributed by atoms with Gasteiger partial charge >= 0.3 is 0 Å². The first-order valence-corrected chi connectivity index (χ1v) is 11.1. The lowest BCUT2D eigenvalue weighted by Gasteiger charge is -2.10. The molecule has 0 bridgehead atoms. The van der Waals surface area contributed by atoms with Gasteiger partial charge in [0.15, 0.2) is 10.9 Å². The van der Waals surface area contributed by atoms with Crippen LogP contribution in [-0.4, -0.2) is 37.4 Å². The zero-order chi connectivity index (χ0) is 21.8. The number of aryl methyl sites for hydroxylation is 3.